The molecule has 2 aromatic rings. The third kappa shape index (κ3) is 3.53. The van der Waals surface area contributed by atoms with Gasteiger partial charge in [-0.1, -0.05) is 18.6 Å². The average Bonchev–Trinajstić information content (AvgIpc) is 3.10. The molecule has 6 heteroatoms. The molecular formula is C22H30N4O2. The van der Waals surface area contributed by atoms with Crippen molar-refractivity contribution in [3.05, 3.63) is 36.0 Å². The minimum atomic E-state index is 0.00876. The highest BCUT2D eigenvalue weighted by molar-refractivity contribution is 5.94. The molecule has 2 aliphatic heterocycles. The number of rotatable bonds is 4. The Balaban J connectivity index is 1.59. The molecule has 0 saturated carbocycles. The van der Waals surface area contributed by atoms with Crippen LogP contribution in [0.2, 0.25) is 0 Å². The quantitative estimate of drug-likeness (QED) is 0.847. The summed E-state index contributed by atoms with van der Waals surface area (Å²) in [5, 5.41) is 11.1. The Kier molecular flexibility index (Phi) is 5.40. The second kappa shape index (κ2) is 7.95. The summed E-state index contributed by atoms with van der Waals surface area (Å²) in [6.07, 6.45) is 5.55. The molecule has 1 amide bonds. The highest BCUT2D eigenvalue weighted by Gasteiger charge is 2.43. The number of carbonyl (C=O) groups excluding carboxylic acids is 1. The van der Waals surface area contributed by atoms with E-state index in [-0.39, 0.29) is 17.5 Å². The lowest BCUT2D eigenvalue weighted by Crippen LogP contribution is -2.62. The van der Waals surface area contributed by atoms with Crippen LogP contribution in [0.3, 0.4) is 0 Å². The van der Waals surface area contributed by atoms with E-state index >= 15 is 0 Å². The van der Waals surface area contributed by atoms with E-state index < -0.39 is 0 Å². The van der Waals surface area contributed by atoms with E-state index in [0.29, 0.717) is 12.3 Å². The van der Waals surface area contributed by atoms with Crippen LogP contribution < -0.4 is 10.1 Å². The molecule has 28 heavy (non-hydrogen) atoms. The number of nitrogens with one attached hydrogen (secondary N) is 2. The van der Waals surface area contributed by atoms with Crippen molar-refractivity contribution in [1.29, 1.82) is 0 Å². The molecule has 0 spiro atoms. The van der Waals surface area contributed by atoms with Crippen molar-refractivity contribution in [2.45, 2.75) is 57.5 Å². The predicted molar refractivity (Wildman–Crippen MR) is 110 cm³/mol. The van der Waals surface area contributed by atoms with Gasteiger partial charge in [0.1, 0.15) is 11.4 Å². The number of nitrogens with zero attached hydrogens (tertiary/aromatic N) is 2. The second-order valence-corrected chi connectivity index (χ2v) is 8.05. The Morgan fingerprint density at radius 2 is 2.18 bits per heavy atom. The number of piperidine rings is 1. The zero-order valence-electron chi connectivity index (χ0n) is 16.8. The molecule has 150 valence electrons. The van der Waals surface area contributed by atoms with E-state index in [9.17, 15) is 4.79 Å². The molecule has 1 aromatic carbocycles. The van der Waals surface area contributed by atoms with Gasteiger partial charge in [0.25, 0.3) is 5.91 Å². The Morgan fingerprint density at radius 3 is 3.04 bits per heavy atom. The average molecular weight is 383 g/mol. The topological polar surface area (TPSA) is 70.2 Å². The summed E-state index contributed by atoms with van der Waals surface area (Å²) in [6, 6.07) is 9.90. The minimum Gasteiger partial charge on any atom is -0.493 e. The normalized spacial score (nSPS) is 25.1. The maximum atomic E-state index is 13.4. The van der Waals surface area contributed by atoms with Crippen molar-refractivity contribution in [2.24, 2.45) is 0 Å². The maximum Gasteiger partial charge on any atom is 0.272 e. The Bertz CT molecular complexity index is 833. The van der Waals surface area contributed by atoms with Crippen molar-refractivity contribution < 1.29 is 9.53 Å². The van der Waals surface area contributed by atoms with Crippen molar-refractivity contribution in [3.63, 3.8) is 0 Å². The van der Waals surface area contributed by atoms with Crippen molar-refractivity contribution in [1.82, 2.24) is 20.4 Å². The summed E-state index contributed by atoms with van der Waals surface area (Å²) in [6.45, 7) is 6.68. The van der Waals surface area contributed by atoms with Gasteiger partial charge in [-0.25, -0.2) is 0 Å². The van der Waals surface area contributed by atoms with E-state index in [1.165, 1.54) is 6.42 Å². The number of aromatic nitrogens is 2. The second-order valence-electron chi connectivity index (χ2n) is 8.05. The molecule has 2 N–H and O–H groups in total. The van der Waals surface area contributed by atoms with Gasteiger partial charge in [-0.15, -0.1) is 0 Å². The lowest BCUT2D eigenvalue weighted by molar-refractivity contribution is 0.0374. The predicted octanol–water partition coefficient (Wildman–Crippen LogP) is 3.61. The van der Waals surface area contributed by atoms with Crippen LogP contribution in [0, 0.1) is 0 Å². The first-order chi connectivity index (χ1) is 13.6. The van der Waals surface area contributed by atoms with Gasteiger partial charge >= 0.3 is 0 Å². The number of carbonyl (C=O) groups is 1. The monoisotopic (exact) mass is 382 g/mol. The van der Waals surface area contributed by atoms with E-state index in [0.717, 1.165) is 55.8 Å². The first kappa shape index (κ1) is 19.0. The first-order valence-corrected chi connectivity index (χ1v) is 10.5. The standard InChI is InChI=1S/C22H30N4O2/c1-3-28-19-10-5-4-9-16(19)17-15-18(25-24-17)21(27)26-14-8-12-22(2)20(26)11-6-7-13-23-22/h4-5,9-10,15,20,23H,3,6-8,11-14H2,1-2H3,(H,24,25)/t20-,22-/m0/s1. The molecule has 0 radical (unpaired) electrons. The molecule has 3 heterocycles. The van der Waals surface area contributed by atoms with Crippen LogP contribution in [-0.4, -0.2) is 52.3 Å². The van der Waals surface area contributed by atoms with E-state index in [4.69, 9.17) is 4.74 Å². The van der Waals surface area contributed by atoms with Crippen LogP contribution in [-0.2, 0) is 0 Å². The van der Waals surface area contributed by atoms with Gasteiger partial charge in [0.2, 0.25) is 0 Å². The number of hydrogen-bond acceptors (Lipinski definition) is 4. The third-order valence-electron chi connectivity index (χ3n) is 6.17. The summed E-state index contributed by atoms with van der Waals surface area (Å²) in [5.41, 5.74) is 2.20. The molecule has 2 aliphatic rings. The molecular weight excluding hydrogens is 352 g/mol. The van der Waals surface area contributed by atoms with Crippen LogP contribution >= 0.6 is 0 Å². The number of aromatic amines is 1. The zero-order chi connectivity index (χ0) is 19.6. The van der Waals surface area contributed by atoms with Crippen LogP contribution in [0.15, 0.2) is 30.3 Å². The highest BCUT2D eigenvalue weighted by atomic mass is 16.5. The molecule has 0 bridgehead atoms. The number of fused-ring (bicyclic) bond motifs is 1. The number of hydrogen-bond donors (Lipinski definition) is 2. The minimum absolute atomic E-state index is 0.00876. The smallest absolute Gasteiger partial charge is 0.272 e. The van der Waals surface area contributed by atoms with Gasteiger partial charge in [0.15, 0.2) is 0 Å². The fourth-order valence-corrected chi connectivity index (χ4v) is 4.73. The molecule has 1 aromatic heterocycles. The number of likely N-dealkylation sites (tertiary alicyclic amines) is 1. The van der Waals surface area contributed by atoms with Crippen LogP contribution in [0.1, 0.15) is 56.4 Å². The lowest BCUT2D eigenvalue weighted by atomic mass is 9.81. The van der Waals surface area contributed by atoms with Crippen LogP contribution in [0.4, 0.5) is 0 Å². The van der Waals surface area contributed by atoms with Gasteiger partial charge in [-0.3, -0.25) is 9.89 Å². The Morgan fingerprint density at radius 1 is 1.32 bits per heavy atom. The number of ether oxygens (including phenoxy) is 1. The molecule has 6 nitrogen and oxygen atoms in total. The lowest BCUT2D eigenvalue weighted by Gasteiger charge is -2.48. The maximum absolute atomic E-state index is 13.4. The Labute approximate surface area is 166 Å². The number of para-hydroxylation sites is 1. The molecule has 2 fully saturated rings. The third-order valence-corrected chi connectivity index (χ3v) is 6.17. The largest absolute Gasteiger partial charge is 0.493 e. The summed E-state index contributed by atoms with van der Waals surface area (Å²) in [7, 11) is 0. The number of amides is 1. The number of H-pyrrole nitrogens is 1. The van der Waals surface area contributed by atoms with E-state index in [1.54, 1.807) is 0 Å². The van der Waals surface area contributed by atoms with Crippen molar-refractivity contribution in [3.8, 4) is 17.0 Å². The van der Waals surface area contributed by atoms with Gasteiger partial charge in [-0.2, -0.15) is 5.10 Å². The van der Waals surface area contributed by atoms with Gasteiger partial charge in [-0.05, 0) is 64.3 Å². The van der Waals surface area contributed by atoms with Crippen LogP contribution in [0.25, 0.3) is 11.3 Å². The SMILES string of the molecule is CCOc1ccccc1-c1cc(C(=O)N2CCC[C@]3(C)NCCCC[C@H]23)[nH]n1. The van der Waals surface area contributed by atoms with Crippen LogP contribution in [0.5, 0.6) is 5.75 Å². The molecule has 2 atom stereocenters. The molecule has 0 aliphatic carbocycles. The fourth-order valence-electron chi connectivity index (χ4n) is 4.73. The Hall–Kier alpha value is -2.34. The molecule has 0 unspecified atom stereocenters. The van der Waals surface area contributed by atoms with E-state index in [2.05, 4.69) is 27.3 Å². The van der Waals surface area contributed by atoms with Gasteiger partial charge in [0, 0.05) is 23.7 Å². The molecule has 2 saturated heterocycles. The van der Waals surface area contributed by atoms with Crippen molar-refractivity contribution in [2.75, 3.05) is 19.7 Å². The fraction of sp³-hybridized carbons (Fsp3) is 0.545. The summed E-state index contributed by atoms with van der Waals surface area (Å²) < 4.78 is 5.72. The first-order valence-electron chi connectivity index (χ1n) is 10.5. The summed E-state index contributed by atoms with van der Waals surface area (Å²) >= 11 is 0. The van der Waals surface area contributed by atoms with Gasteiger partial charge in [0.05, 0.1) is 12.3 Å². The number of benzene rings is 1. The van der Waals surface area contributed by atoms with Crippen molar-refractivity contribution >= 4 is 5.91 Å². The van der Waals surface area contributed by atoms with E-state index in [1.807, 2.05) is 37.3 Å². The zero-order valence-corrected chi connectivity index (χ0v) is 16.8. The highest BCUT2D eigenvalue weighted by Crippen LogP contribution is 2.34. The van der Waals surface area contributed by atoms with Gasteiger partial charge < -0.3 is 15.0 Å². The summed E-state index contributed by atoms with van der Waals surface area (Å²) in [5.74, 6) is 0.835. The summed E-state index contributed by atoms with van der Waals surface area (Å²) in [4.78, 5) is 15.4. The molecule has 4 rings (SSSR count).